The van der Waals surface area contributed by atoms with Crippen molar-refractivity contribution in [1.82, 2.24) is 4.90 Å². The third-order valence-corrected chi connectivity index (χ3v) is 4.87. The molecule has 1 N–H and O–H groups in total. The highest BCUT2D eigenvalue weighted by atomic mass is 16.6. The molecule has 26 heavy (non-hydrogen) atoms. The van der Waals surface area contributed by atoms with Gasteiger partial charge in [0.05, 0.1) is 24.9 Å². The van der Waals surface area contributed by atoms with Crippen molar-refractivity contribution in [2.75, 3.05) is 20.3 Å². The number of carbonyl (C=O) groups excluding carboxylic acids is 1. The number of hydrogen-bond acceptors (Lipinski definition) is 4. The standard InChI is InChI=1S/C21H24N2O3/c1-14-6-4-5-7-19(14)16-8-9-20(15(2)10-16)21(25)23-12-17(22-26-3)11-18(23)13-24/h4-10,18,24H,11-13H2,1-3H3/b22-17+/t18-/m0/s1. The Morgan fingerprint density at radius 1 is 1.23 bits per heavy atom. The van der Waals surface area contributed by atoms with Crippen molar-refractivity contribution in [1.29, 1.82) is 0 Å². The fourth-order valence-corrected chi connectivity index (χ4v) is 3.49. The van der Waals surface area contributed by atoms with Gasteiger partial charge in [0.1, 0.15) is 7.11 Å². The number of amides is 1. The molecule has 1 fully saturated rings. The second-order valence-corrected chi connectivity index (χ2v) is 6.66. The minimum absolute atomic E-state index is 0.0841. The lowest BCUT2D eigenvalue weighted by molar-refractivity contribution is 0.0679. The fourth-order valence-electron chi connectivity index (χ4n) is 3.49. The van der Waals surface area contributed by atoms with Crippen LogP contribution in [-0.4, -0.2) is 47.9 Å². The van der Waals surface area contributed by atoms with E-state index in [0.717, 1.165) is 16.8 Å². The van der Waals surface area contributed by atoms with E-state index in [0.29, 0.717) is 18.5 Å². The smallest absolute Gasteiger partial charge is 0.254 e. The Balaban J connectivity index is 1.89. The Morgan fingerprint density at radius 3 is 2.65 bits per heavy atom. The van der Waals surface area contributed by atoms with Crippen LogP contribution in [0.1, 0.15) is 27.9 Å². The lowest BCUT2D eigenvalue weighted by Gasteiger charge is -2.23. The highest BCUT2D eigenvalue weighted by Crippen LogP contribution is 2.27. The van der Waals surface area contributed by atoms with Crippen LogP contribution in [0, 0.1) is 13.8 Å². The number of likely N-dealkylation sites (tertiary alicyclic amines) is 1. The van der Waals surface area contributed by atoms with Crippen molar-refractivity contribution >= 4 is 11.6 Å². The van der Waals surface area contributed by atoms with Gasteiger partial charge in [0.15, 0.2) is 0 Å². The molecule has 1 aliphatic heterocycles. The zero-order valence-corrected chi connectivity index (χ0v) is 15.4. The molecule has 0 bridgehead atoms. The van der Waals surface area contributed by atoms with Crippen molar-refractivity contribution in [3.63, 3.8) is 0 Å². The van der Waals surface area contributed by atoms with E-state index in [9.17, 15) is 9.90 Å². The summed E-state index contributed by atoms with van der Waals surface area (Å²) in [6, 6.07) is 13.8. The third kappa shape index (κ3) is 3.48. The highest BCUT2D eigenvalue weighted by Gasteiger charge is 2.33. The molecule has 2 aromatic rings. The van der Waals surface area contributed by atoms with Gasteiger partial charge >= 0.3 is 0 Å². The molecule has 0 unspecified atom stereocenters. The van der Waals surface area contributed by atoms with Crippen LogP contribution >= 0.6 is 0 Å². The number of oxime groups is 1. The molecule has 0 aromatic heterocycles. The Bertz CT molecular complexity index is 845. The third-order valence-electron chi connectivity index (χ3n) is 4.87. The van der Waals surface area contributed by atoms with E-state index in [1.807, 2.05) is 37.3 Å². The first-order valence-electron chi connectivity index (χ1n) is 8.72. The summed E-state index contributed by atoms with van der Waals surface area (Å²) in [6.07, 6.45) is 0.538. The molecule has 1 heterocycles. The van der Waals surface area contributed by atoms with Crippen molar-refractivity contribution in [3.8, 4) is 11.1 Å². The number of rotatable bonds is 4. The van der Waals surface area contributed by atoms with E-state index < -0.39 is 0 Å². The second kappa shape index (κ2) is 7.70. The molecule has 2 aromatic carbocycles. The van der Waals surface area contributed by atoms with E-state index in [2.05, 4.69) is 24.2 Å². The largest absolute Gasteiger partial charge is 0.399 e. The molecular weight excluding hydrogens is 328 g/mol. The van der Waals surface area contributed by atoms with Gasteiger partial charge in [-0.1, -0.05) is 41.6 Å². The molecule has 0 spiro atoms. The number of aliphatic hydroxyl groups is 1. The van der Waals surface area contributed by atoms with Crippen LogP contribution in [0.4, 0.5) is 0 Å². The van der Waals surface area contributed by atoms with Crippen LogP contribution < -0.4 is 0 Å². The van der Waals surface area contributed by atoms with E-state index >= 15 is 0 Å². The first-order chi connectivity index (χ1) is 12.5. The van der Waals surface area contributed by atoms with E-state index in [1.54, 1.807) is 4.90 Å². The van der Waals surface area contributed by atoms with Gasteiger partial charge in [0.2, 0.25) is 0 Å². The molecule has 0 aliphatic carbocycles. The SMILES string of the molecule is CO/N=C1\C[C@@H](CO)N(C(=O)c2ccc(-c3ccccc3C)cc2C)C1. The van der Waals surface area contributed by atoms with Gasteiger partial charge in [0.25, 0.3) is 5.91 Å². The summed E-state index contributed by atoms with van der Waals surface area (Å²) >= 11 is 0. The van der Waals surface area contributed by atoms with Crippen LogP contribution in [-0.2, 0) is 4.84 Å². The summed E-state index contributed by atoms with van der Waals surface area (Å²) in [7, 11) is 1.49. The highest BCUT2D eigenvalue weighted by molar-refractivity contribution is 6.01. The molecular formula is C21H24N2O3. The van der Waals surface area contributed by atoms with E-state index in [4.69, 9.17) is 4.84 Å². The lowest BCUT2D eigenvalue weighted by atomic mass is 9.96. The van der Waals surface area contributed by atoms with Crippen LogP contribution in [0.3, 0.4) is 0 Å². The average Bonchev–Trinajstić information content (AvgIpc) is 3.05. The normalized spacial score (nSPS) is 18.4. The van der Waals surface area contributed by atoms with Crippen molar-refractivity contribution in [2.24, 2.45) is 5.16 Å². The Hall–Kier alpha value is -2.66. The maximum Gasteiger partial charge on any atom is 0.254 e. The first-order valence-corrected chi connectivity index (χ1v) is 8.72. The summed E-state index contributed by atoms with van der Waals surface area (Å²) in [5, 5.41) is 13.6. The second-order valence-electron chi connectivity index (χ2n) is 6.66. The molecule has 5 nitrogen and oxygen atoms in total. The fraction of sp³-hybridized carbons (Fsp3) is 0.333. The predicted octanol–water partition coefficient (Wildman–Crippen LogP) is 3.18. The molecule has 3 rings (SSSR count). The summed E-state index contributed by atoms with van der Waals surface area (Å²) in [5.41, 5.74) is 5.81. The lowest BCUT2D eigenvalue weighted by Crippen LogP contribution is -2.38. The number of nitrogens with zero attached hydrogens (tertiary/aromatic N) is 2. The monoisotopic (exact) mass is 352 g/mol. The quantitative estimate of drug-likeness (QED) is 0.860. The molecule has 0 radical (unpaired) electrons. The summed E-state index contributed by atoms with van der Waals surface area (Å²) < 4.78 is 0. The topological polar surface area (TPSA) is 62.1 Å². The Labute approximate surface area is 153 Å². The van der Waals surface area contributed by atoms with Gasteiger partial charge in [-0.25, -0.2) is 0 Å². The minimum Gasteiger partial charge on any atom is -0.399 e. The maximum absolute atomic E-state index is 13.0. The Morgan fingerprint density at radius 2 is 2.00 bits per heavy atom. The van der Waals surface area contributed by atoms with Gasteiger partial charge in [-0.05, 0) is 42.2 Å². The van der Waals surface area contributed by atoms with Gasteiger partial charge in [-0.2, -0.15) is 0 Å². The van der Waals surface area contributed by atoms with Crippen molar-refractivity contribution < 1.29 is 14.7 Å². The number of benzene rings is 2. The number of aryl methyl sites for hydroxylation is 2. The van der Waals surface area contributed by atoms with Gasteiger partial charge < -0.3 is 14.8 Å². The van der Waals surface area contributed by atoms with Crippen LogP contribution in [0.15, 0.2) is 47.6 Å². The summed E-state index contributed by atoms with van der Waals surface area (Å²) in [6.45, 7) is 4.32. The summed E-state index contributed by atoms with van der Waals surface area (Å²) in [4.78, 5) is 19.5. The van der Waals surface area contributed by atoms with Gasteiger partial charge in [-0.15, -0.1) is 0 Å². The van der Waals surface area contributed by atoms with Gasteiger partial charge in [-0.3, -0.25) is 4.79 Å². The van der Waals surface area contributed by atoms with E-state index in [1.165, 1.54) is 18.2 Å². The first kappa shape index (κ1) is 18.1. The molecule has 0 saturated carbocycles. The number of carbonyl (C=O) groups is 1. The molecule has 5 heteroatoms. The molecule has 1 aliphatic rings. The zero-order chi connectivity index (χ0) is 18.7. The number of hydrogen-bond donors (Lipinski definition) is 1. The van der Waals surface area contributed by atoms with Crippen LogP contribution in [0.5, 0.6) is 0 Å². The predicted molar refractivity (Wildman–Crippen MR) is 102 cm³/mol. The molecule has 1 atom stereocenters. The zero-order valence-electron chi connectivity index (χ0n) is 15.4. The van der Waals surface area contributed by atoms with Gasteiger partial charge in [0, 0.05) is 12.0 Å². The van der Waals surface area contributed by atoms with Crippen molar-refractivity contribution in [3.05, 3.63) is 59.2 Å². The van der Waals surface area contributed by atoms with Crippen LogP contribution in [0.25, 0.3) is 11.1 Å². The molecule has 136 valence electrons. The number of aliphatic hydroxyl groups excluding tert-OH is 1. The Kier molecular flexibility index (Phi) is 5.38. The molecule has 1 amide bonds. The minimum atomic E-state index is -0.258. The average molecular weight is 352 g/mol. The summed E-state index contributed by atoms with van der Waals surface area (Å²) in [5.74, 6) is -0.0841. The molecule has 1 saturated heterocycles. The van der Waals surface area contributed by atoms with Crippen molar-refractivity contribution in [2.45, 2.75) is 26.3 Å². The maximum atomic E-state index is 13.0. The van der Waals surface area contributed by atoms with Crippen LogP contribution in [0.2, 0.25) is 0 Å². The van der Waals surface area contributed by atoms with E-state index in [-0.39, 0.29) is 18.6 Å².